The van der Waals surface area contributed by atoms with Gasteiger partial charge in [0, 0.05) is 62.7 Å². The monoisotopic (exact) mass is 480 g/mol. The van der Waals surface area contributed by atoms with E-state index < -0.39 is 0 Å². The molecule has 2 fully saturated rings. The molecule has 2 aromatic heterocycles. The summed E-state index contributed by atoms with van der Waals surface area (Å²) in [6, 6.07) is 7.53. The summed E-state index contributed by atoms with van der Waals surface area (Å²) in [6.45, 7) is 5.26. The molecular weight excluding hydrogens is 456 g/mol. The van der Waals surface area contributed by atoms with Crippen LogP contribution in [0.1, 0.15) is 23.7 Å². The van der Waals surface area contributed by atoms with Crippen LogP contribution in [0.5, 0.6) is 0 Å². The smallest absolute Gasteiger partial charge is 0.254 e. The lowest BCUT2D eigenvalue weighted by molar-refractivity contribution is -0.127. The third-order valence-electron chi connectivity index (χ3n) is 6.28. The van der Waals surface area contributed by atoms with Gasteiger partial charge in [-0.3, -0.25) is 9.59 Å². The highest BCUT2D eigenvalue weighted by atomic mass is 35.5. The summed E-state index contributed by atoms with van der Waals surface area (Å²) in [7, 11) is 0. The van der Waals surface area contributed by atoms with Crippen LogP contribution in [0.2, 0.25) is 5.15 Å². The van der Waals surface area contributed by atoms with Gasteiger partial charge in [-0.25, -0.2) is 15.0 Å². The molecule has 1 N–H and O–H groups in total. The van der Waals surface area contributed by atoms with E-state index in [1.54, 1.807) is 24.2 Å². The highest BCUT2D eigenvalue weighted by Gasteiger charge is 2.25. The summed E-state index contributed by atoms with van der Waals surface area (Å²) < 4.78 is 5.33. The fourth-order valence-electron chi connectivity index (χ4n) is 4.36. The Balaban J connectivity index is 1.41. The van der Waals surface area contributed by atoms with Crippen molar-refractivity contribution in [1.29, 1.82) is 0 Å². The number of anilines is 1. The Morgan fingerprint density at radius 1 is 1.06 bits per heavy atom. The van der Waals surface area contributed by atoms with Crippen LogP contribution < -0.4 is 5.32 Å². The number of nitrogens with zero attached hydrogens (tertiary/aromatic N) is 5. The number of amides is 2. The molecule has 1 unspecified atom stereocenters. The van der Waals surface area contributed by atoms with Crippen molar-refractivity contribution >= 4 is 40.3 Å². The fraction of sp³-hybridized carbons (Fsp3) is 0.375. The number of aromatic nitrogens is 3. The van der Waals surface area contributed by atoms with Crippen LogP contribution in [-0.2, 0) is 9.53 Å². The number of hydrogen-bond donors (Lipinski definition) is 1. The van der Waals surface area contributed by atoms with Gasteiger partial charge in [0.15, 0.2) is 0 Å². The Bertz CT molecular complexity index is 1230. The van der Waals surface area contributed by atoms with Crippen LogP contribution in [0.25, 0.3) is 22.0 Å². The molecular formula is C24H25ClN6O3. The molecule has 0 spiro atoms. The predicted octanol–water partition coefficient (Wildman–Crippen LogP) is 2.85. The van der Waals surface area contributed by atoms with Gasteiger partial charge in [0.1, 0.15) is 5.15 Å². The maximum atomic E-state index is 12.8. The molecule has 0 aliphatic carbocycles. The average molecular weight is 481 g/mol. The molecule has 5 rings (SSSR count). The molecule has 2 saturated heterocycles. The summed E-state index contributed by atoms with van der Waals surface area (Å²) in [5.74, 6) is 0.545. The van der Waals surface area contributed by atoms with Crippen molar-refractivity contribution in [2.75, 3.05) is 44.7 Å². The molecule has 3 aromatic rings. The number of nitrogens with one attached hydrogen (secondary N) is 1. The number of benzene rings is 1. The number of fused-ring (bicyclic) bond motifs is 1. The summed E-state index contributed by atoms with van der Waals surface area (Å²) in [5, 5.41) is 4.31. The van der Waals surface area contributed by atoms with Gasteiger partial charge in [0.05, 0.1) is 24.1 Å². The third kappa shape index (κ3) is 4.53. The van der Waals surface area contributed by atoms with Gasteiger partial charge in [-0.05, 0) is 24.1 Å². The first-order valence-corrected chi connectivity index (χ1v) is 11.7. The topological polar surface area (TPSA) is 101 Å². The second-order valence-corrected chi connectivity index (χ2v) is 8.85. The van der Waals surface area contributed by atoms with Crippen LogP contribution >= 0.6 is 11.6 Å². The van der Waals surface area contributed by atoms with Crippen molar-refractivity contribution in [2.24, 2.45) is 0 Å². The minimum Gasteiger partial charge on any atom is -0.378 e. The lowest BCUT2D eigenvalue weighted by Crippen LogP contribution is -2.40. The van der Waals surface area contributed by atoms with Gasteiger partial charge < -0.3 is 19.9 Å². The van der Waals surface area contributed by atoms with Crippen LogP contribution in [0.4, 0.5) is 5.95 Å². The largest absolute Gasteiger partial charge is 0.378 e. The number of likely N-dealkylation sites (tertiary alicyclic amines) is 1. The molecule has 0 saturated carbocycles. The first-order valence-electron chi connectivity index (χ1n) is 11.3. The van der Waals surface area contributed by atoms with Gasteiger partial charge in [0.2, 0.25) is 11.9 Å². The zero-order chi connectivity index (χ0) is 23.7. The number of carbonyl (C=O) groups is 2. The van der Waals surface area contributed by atoms with Crippen LogP contribution in [0.3, 0.4) is 0 Å². The van der Waals surface area contributed by atoms with E-state index in [0.29, 0.717) is 60.4 Å². The molecule has 2 aliphatic rings. The SMILES string of the molecule is CC(=O)N1CCC(Nc2ncc3c(Cl)ncc(-c4ccc(C(=O)N5CCOCC5)cc4)c3n2)C1. The molecule has 9 nitrogen and oxygen atoms in total. The van der Waals surface area contributed by atoms with Crippen molar-refractivity contribution in [3.63, 3.8) is 0 Å². The number of rotatable bonds is 4. The number of pyridine rings is 1. The molecule has 10 heteroatoms. The quantitative estimate of drug-likeness (QED) is 0.573. The van der Waals surface area contributed by atoms with E-state index in [2.05, 4.69) is 15.3 Å². The summed E-state index contributed by atoms with van der Waals surface area (Å²) in [5.41, 5.74) is 2.98. The summed E-state index contributed by atoms with van der Waals surface area (Å²) in [4.78, 5) is 41.5. The van der Waals surface area contributed by atoms with E-state index in [4.69, 9.17) is 21.3 Å². The van der Waals surface area contributed by atoms with Crippen LogP contribution in [0.15, 0.2) is 36.7 Å². The minimum atomic E-state index is -0.00100. The average Bonchev–Trinajstić information content (AvgIpc) is 3.33. The highest BCUT2D eigenvalue weighted by molar-refractivity contribution is 6.34. The standard InChI is InChI=1S/C24H25ClN6O3/c1-15(32)31-7-6-18(14-31)28-24-27-13-20-21(29-24)19(12-26-22(20)25)16-2-4-17(5-3-16)23(33)30-8-10-34-11-9-30/h2-5,12-13,18H,6-11,14H2,1H3,(H,27,28,29). The van der Waals surface area contributed by atoms with E-state index in [1.165, 1.54) is 0 Å². The molecule has 2 amide bonds. The molecule has 1 atom stereocenters. The Hall–Kier alpha value is -3.30. The van der Waals surface area contributed by atoms with E-state index in [9.17, 15) is 9.59 Å². The number of carbonyl (C=O) groups excluding carboxylic acids is 2. The van der Waals surface area contributed by atoms with Crippen molar-refractivity contribution in [3.05, 3.63) is 47.4 Å². The van der Waals surface area contributed by atoms with Gasteiger partial charge in [-0.1, -0.05) is 23.7 Å². The Morgan fingerprint density at radius 2 is 1.82 bits per heavy atom. The lowest BCUT2D eigenvalue weighted by Gasteiger charge is -2.26. The normalized spacial score (nSPS) is 18.4. The number of halogens is 1. The maximum Gasteiger partial charge on any atom is 0.254 e. The molecule has 34 heavy (non-hydrogen) atoms. The maximum absolute atomic E-state index is 12.8. The Morgan fingerprint density at radius 3 is 2.53 bits per heavy atom. The predicted molar refractivity (Wildman–Crippen MR) is 129 cm³/mol. The van der Waals surface area contributed by atoms with Crippen molar-refractivity contribution < 1.29 is 14.3 Å². The van der Waals surface area contributed by atoms with Gasteiger partial charge in [-0.15, -0.1) is 0 Å². The second kappa shape index (κ2) is 9.52. The molecule has 1 aromatic carbocycles. The first kappa shape index (κ1) is 22.5. The molecule has 0 radical (unpaired) electrons. The zero-order valence-corrected chi connectivity index (χ0v) is 19.6. The first-order chi connectivity index (χ1) is 16.5. The van der Waals surface area contributed by atoms with Crippen LogP contribution in [0, 0.1) is 0 Å². The highest BCUT2D eigenvalue weighted by Crippen LogP contribution is 2.31. The zero-order valence-electron chi connectivity index (χ0n) is 18.8. The minimum absolute atomic E-state index is 0.00100. The molecule has 176 valence electrons. The second-order valence-electron chi connectivity index (χ2n) is 8.50. The fourth-order valence-corrected chi connectivity index (χ4v) is 4.55. The van der Waals surface area contributed by atoms with E-state index in [1.807, 2.05) is 29.2 Å². The van der Waals surface area contributed by atoms with Gasteiger partial charge in [0.25, 0.3) is 5.91 Å². The van der Waals surface area contributed by atoms with Crippen molar-refractivity contribution in [1.82, 2.24) is 24.8 Å². The number of morpholine rings is 1. The van der Waals surface area contributed by atoms with Gasteiger partial charge >= 0.3 is 0 Å². The van der Waals surface area contributed by atoms with E-state index in [-0.39, 0.29) is 17.9 Å². The molecule has 2 aliphatic heterocycles. The third-order valence-corrected chi connectivity index (χ3v) is 6.58. The van der Waals surface area contributed by atoms with Crippen LogP contribution in [-0.4, -0.2) is 82.0 Å². The van der Waals surface area contributed by atoms with Crippen molar-refractivity contribution in [3.8, 4) is 11.1 Å². The number of hydrogen-bond acceptors (Lipinski definition) is 7. The molecule has 4 heterocycles. The number of ether oxygens (including phenoxy) is 1. The summed E-state index contributed by atoms with van der Waals surface area (Å²) in [6.07, 6.45) is 4.19. The van der Waals surface area contributed by atoms with Crippen molar-refractivity contribution in [2.45, 2.75) is 19.4 Å². The van der Waals surface area contributed by atoms with Gasteiger partial charge in [-0.2, -0.15) is 0 Å². The van der Waals surface area contributed by atoms with E-state index >= 15 is 0 Å². The summed E-state index contributed by atoms with van der Waals surface area (Å²) >= 11 is 6.33. The Kier molecular flexibility index (Phi) is 6.30. The Labute approximate surface area is 202 Å². The molecule has 0 bridgehead atoms. The van der Waals surface area contributed by atoms with E-state index in [0.717, 1.165) is 24.1 Å². The lowest BCUT2D eigenvalue weighted by atomic mass is 10.0.